The van der Waals surface area contributed by atoms with E-state index in [1.54, 1.807) is 0 Å². The molecule has 1 amide bonds. The summed E-state index contributed by atoms with van der Waals surface area (Å²) in [6.07, 6.45) is 1.40. The van der Waals surface area contributed by atoms with E-state index in [0.717, 1.165) is 0 Å². The van der Waals surface area contributed by atoms with Crippen molar-refractivity contribution < 1.29 is 4.79 Å². The van der Waals surface area contributed by atoms with Gasteiger partial charge in [-0.3, -0.25) is 9.59 Å². The first-order valence-electron chi connectivity index (χ1n) is 5.60. The Morgan fingerprint density at radius 3 is 2.50 bits per heavy atom. The largest absolute Gasteiger partial charge is 0.345 e. The highest BCUT2D eigenvalue weighted by Gasteiger charge is 2.28. The third-order valence-corrected chi connectivity index (χ3v) is 3.14. The molecular weight excluding hydrogens is 254 g/mol. The maximum Gasteiger partial charge on any atom is 0.253 e. The summed E-state index contributed by atoms with van der Waals surface area (Å²) in [4.78, 5) is 25.3. The van der Waals surface area contributed by atoms with Gasteiger partial charge in [-0.25, -0.2) is 0 Å². The molecule has 1 atom stereocenters. The monoisotopic (exact) mass is 273 g/mol. The number of rotatable bonds is 4. The Hall–Kier alpha value is -1.33. The molecule has 1 heterocycles. The first-order chi connectivity index (χ1) is 7.89. The van der Waals surface area contributed by atoms with E-state index >= 15 is 0 Å². The van der Waals surface area contributed by atoms with Crippen molar-refractivity contribution in [2.45, 2.75) is 26.3 Å². The molecule has 5 nitrogen and oxygen atoms in total. The van der Waals surface area contributed by atoms with Crippen molar-refractivity contribution in [3.8, 4) is 0 Å². The molecule has 0 spiro atoms. The average Bonchev–Trinajstić information content (AvgIpc) is 2.29. The number of pyridine rings is 1. The molecule has 4 N–H and O–H groups in total. The third kappa shape index (κ3) is 3.85. The summed E-state index contributed by atoms with van der Waals surface area (Å²) in [6.45, 7) is 6.26. The second kappa shape index (κ2) is 6.56. The fourth-order valence-corrected chi connectivity index (χ4v) is 1.31. The molecule has 0 aliphatic carbocycles. The van der Waals surface area contributed by atoms with Gasteiger partial charge in [-0.05, 0) is 18.9 Å². The van der Waals surface area contributed by atoms with Crippen LogP contribution in [0.5, 0.6) is 0 Å². The van der Waals surface area contributed by atoms with Crippen LogP contribution in [0.25, 0.3) is 0 Å². The standard InChI is InChI=1S/C12H19N3O2.ClH/c1-8(2)12(3,7-13)15-11(17)9-4-5-10(16)14-6-9;/h4-6,8H,7,13H2,1-3H3,(H,14,16)(H,15,17);1H. The summed E-state index contributed by atoms with van der Waals surface area (Å²) in [5, 5.41) is 2.89. The third-order valence-electron chi connectivity index (χ3n) is 3.14. The molecule has 1 aromatic rings. The maximum atomic E-state index is 11.9. The molecule has 18 heavy (non-hydrogen) atoms. The zero-order valence-corrected chi connectivity index (χ0v) is 11.6. The molecule has 0 fully saturated rings. The minimum Gasteiger partial charge on any atom is -0.345 e. The van der Waals surface area contributed by atoms with E-state index in [1.807, 2.05) is 20.8 Å². The van der Waals surface area contributed by atoms with Crippen molar-refractivity contribution in [1.82, 2.24) is 10.3 Å². The van der Waals surface area contributed by atoms with Crippen LogP contribution in [-0.4, -0.2) is 23.0 Å². The molecule has 102 valence electrons. The van der Waals surface area contributed by atoms with Gasteiger partial charge in [-0.15, -0.1) is 12.4 Å². The highest BCUT2D eigenvalue weighted by molar-refractivity contribution is 5.94. The van der Waals surface area contributed by atoms with E-state index in [0.29, 0.717) is 12.1 Å². The number of nitrogens with two attached hydrogens (primary N) is 1. The number of H-pyrrole nitrogens is 1. The first kappa shape index (κ1) is 16.7. The van der Waals surface area contributed by atoms with Gasteiger partial charge in [0, 0.05) is 18.8 Å². The van der Waals surface area contributed by atoms with Gasteiger partial charge < -0.3 is 16.0 Å². The Kier molecular flexibility index (Phi) is 6.08. The fourth-order valence-electron chi connectivity index (χ4n) is 1.31. The van der Waals surface area contributed by atoms with Gasteiger partial charge in [0.1, 0.15) is 0 Å². The van der Waals surface area contributed by atoms with E-state index in [4.69, 9.17) is 5.73 Å². The summed E-state index contributed by atoms with van der Waals surface area (Å²) in [5.74, 6) is -0.0119. The van der Waals surface area contributed by atoms with Crippen LogP contribution >= 0.6 is 12.4 Å². The zero-order chi connectivity index (χ0) is 13.1. The molecule has 0 saturated carbocycles. The summed E-state index contributed by atoms with van der Waals surface area (Å²) in [7, 11) is 0. The summed E-state index contributed by atoms with van der Waals surface area (Å²) >= 11 is 0. The highest BCUT2D eigenvalue weighted by atomic mass is 35.5. The lowest BCUT2D eigenvalue weighted by Gasteiger charge is -2.33. The Bertz CT molecular complexity index is 438. The zero-order valence-electron chi connectivity index (χ0n) is 10.8. The summed E-state index contributed by atoms with van der Waals surface area (Å²) in [6, 6.07) is 2.81. The van der Waals surface area contributed by atoms with Crippen molar-refractivity contribution in [3.63, 3.8) is 0 Å². The minimum absolute atomic E-state index is 0. The van der Waals surface area contributed by atoms with Gasteiger partial charge in [-0.2, -0.15) is 0 Å². The topological polar surface area (TPSA) is 88.0 Å². The normalized spacial score (nSPS) is 13.6. The highest BCUT2D eigenvalue weighted by Crippen LogP contribution is 2.15. The van der Waals surface area contributed by atoms with Crippen LogP contribution in [0.4, 0.5) is 0 Å². The lowest BCUT2D eigenvalue weighted by Crippen LogP contribution is -2.55. The summed E-state index contributed by atoms with van der Waals surface area (Å²) < 4.78 is 0. The molecule has 1 aromatic heterocycles. The lowest BCUT2D eigenvalue weighted by molar-refractivity contribution is 0.0883. The van der Waals surface area contributed by atoms with E-state index < -0.39 is 5.54 Å². The molecule has 0 radical (unpaired) electrons. The van der Waals surface area contributed by atoms with E-state index in [1.165, 1.54) is 18.3 Å². The molecule has 0 bridgehead atoms. The molecule has 0 aromatic carbocycles. The first-order valence-corrected chi connectivity index (χ1v) is 5.60. The summed E-state index contributed by atoms with van der Waals surface area (Å²) in [5.41, 5.74) is 5.43. The minimum atomic E-state index is -0.451. The number of halogens is 1. The van der Waals surface area contributed by atoms with Gasteiger partial charge in [0.05, 0.1) is 11.1 Å². The molecule has 6 heteroatoms. The number of hydrogen-bond acceptors (Lipinski definition) is 3. The Labute approximate surface area is 113 Å². The number of carbonyl (C=O) groups excluding carboxylic acids is 1. The van der Waals surface area contributed by atoms with Crippen molar-refractivity contribution in [2.75, 3.05) is 6.54 Å². The second-order valence-corrected chi connectivity index (χ2v) is 4.67. The quantitative estimate of drug-likeness (QED) is 0.762. The average molecular weight is 274 g/mol. The number of nitrogens with one attached hydrogen (secondary N) is 2. The molecule has 1 unspecified atom stereocenters. The lowest BCUT2D eigenvalue weighted by atomic mass is 9.88. The van der Waals surface area contributed by atoms with Gasteiger partial charge in [-0.1, -0.05) is 13.8 Å². The van der Waals surface area contributed by atoms with Crippen LogP contribution in [0, 0.1) is 5.92 Å². The molecule has 0 aliphatic rings. The van der Waals surface area contributed by atoms with Crippen LogP contribution < -0.4 is 16.6 Å². The van der Waals surface area contributed by atoms with Crippen molar-refractivity contribution >= 4 is 18.3 Å². The van der Waals surface area contributed by atoms with E-state index in [9.17, 15) is 9.59 Å². The smallest absolute Gasteiger partial charge is 0.253 e. The molecule has 0 aliphatic heterocycles. The van der Waals surface area contributed by atoms with Crippen molar-refractivity contribution in [3.05, 3.63) is 34.2 Å². The van der Waals surface area contributed by atoms with Crippen LogP contribution in [0.3, 0.4) is 0 Å². The van der Waals surface area contributed by atoms with Crippen LogP contribution in [0.15, 0.2) is 23.1 Å². The SMILES string of the molecule is CC(C)C(C)(CN)NC(=O)c1ccc(=O)[nH]c1.Cl. The van der Waals surface area contributed by atoms with Gasteiger partial charge in [0.25, 0.3) is 5.91 Å². The van der Waals surface area contributed by atoms with Gasteiger partial charge >= 0.3 is 0 Å². The van der Waals surface area contributed by atoms with Gasteiger partial charge in [0.2, 0.25) is 5.56 Å². The molecular formula is C12H20ClN3O2. The Morgan fingerprint density at radius 1 is 1.50 bits per heavy atom. The van der Waals surface area contributed by atoms with Crippen LogP contribution in [0.1, 0.15) is 31.1 Å². The van der Waals surface area contributed by atoms with Crippen molar-refractivity contribution in [2.24, 2.45) is 11.7 Å². The van der Waals surface area contributed by atoms with Crippen molar-refractivity contribution in [1.29, 1.82) is 0 Å². The van der Waals surface area contributed by atoms with Crippen LogP contribution in [0.2, 0.25) is 0 Å². The predicted molar refractivity (Wildman–Crippen MR) is 74.1 cm³/mol. The number of carbonyl (C=O) groups is 1. The number of amides is 1. The number of hydrogen-bond donors (Lipinski definition) is 3. The van der Waals surface area contributed by atoms with Gasteiger partial charge in [0.15, 0.2) is 0 Å². The molecule has 1 rings (SSSR count). The van der Waals surface area contributed by atoms with E-state index in [-0.39, 0.29) is 29.8 Å². The maximum absolute atomic E-state index is 11.9. The Morgan fingerprint density at radius 2 is 2.11 bits per heavy atom. The number of aromatic amines is 1. The predicted octanol–water partition coefficient (Wildman–Crippen LogP) is 0.900. The van der Waals surface area contributed by atoms with Crippen LogP contribution in [-0.2, 0) is 0 Å². The molecule has 0 saturated heterocycles. The fraction of sp³-hybridized carbons (Fsp3) is 0.500. The Balaban J connectivity index is 0.00000289. The second-order valence-electron chi connectivity index (χ2n) is 4.67. The number of aromatic nitrogens is 1. The van der Waals surface area contributed by atoms with E-state index in [2.05, 4.69) is 10.3 Å².